The van der Waals surface area contributed by atoms with E-state index in [9.17, 15) is 9.59 Å². The maximum Gasteiger partial charge on any atom is 0.258 e. The van der Waals surface area contributed by atoms with Crippen molar-refractivity contribution in [1.82, 2.24) is 9.55 Å². The summed E-state index contributed by atoms with van der Waals surface area (Å²) in [6.07, 6.45) is 1.74. The van der Waals surface area contributed by atoms with Gasteiger partial charge in [-0.15, -0.1) is 11.3 Å². The molecule has 7 heteroatoms. The Kier molecular flexibility index (Phi) is 3.74. The zero-order chi connectivity index (χ0) is 15.7. The van der Waals surface area contributed by atoms with Crippen LogP contribution in [0.1, 0.15) is 0 Å². The molecule has 2 heterocycles. The van der Waals surface area contributed by atoms with Gasteiger partial charge >= 0.3 is 0 Å². The van der Waals surface area contributed by atoms with Gasteiger partial charge in [-0.2, -0.15) is 0 Å². The molecular formula is C15H14N4O2S. The molecule has 0 spiro atoms. The molecule has 0 radical (unpaired) electrons. The SMILES string of the molecule is Cn1ccc2ccc(-c3csc(NC(=O)CN)n3)cc2c1=O. The first-order valence-corrected chi connectivity index (χ1v) is 7.51. The largest absolute Gasteiger partial charge is 0.322 e. The van der Waals surface area contributed by atoms with E-state index in [-0.39, 0.29) is 18.0 Å². The van der Waals surface area contributed by atoms with E-state index in [1.807, 2.05) is 29.6 Å². The number of benzene rings is 1. The van der Waals surface area contributed by atoms with Crippen molar-refractivity contribution >= 4 is 33.1 Å². The van der Waals surface area contributed by atoms with E-state index in [0.29, 0.717) is 16.2 Å². The smallest absolute Gasteiger partial charge is 0.258 e. The highest BCUT2D eigenvalue weighted by Crippen LogP contribution is 2.26. The van der Waals surface area contributed by atoms with Crippen molar-refractivity contribution in [3.05, 3.63) is 46.2 Å². The fourth-order valence-electron chi connectivity index (χ4n) is 2.13. The summed E-state index contributed by atoms with van der Waals surface area (Å²) in [6, 6.07) is 7.52. The average Bonchev–Trinajstić information content (AvgIpc) is 2.99. The molecule has 3 aromatic rings. The van der Waals surface area contributed by atoms with Crippen LogP contribution in [0.3, 0.4) is 0 Å². The number of thiazole rings is 1. The zero-order valence-electron chi connectivity index (χ0n) is 11.9. The second-order valence-corrected chi connectivity index (χ2v) is 5.68. The van der Waals surface area contributed by atoms with Crippen LogP contribution in [-0.2, 0) is 11.8 Å². The zero-order valence-corrected chi connectivity index (χ0v) is 12.7. The Morgan fingerprint density at radius 1 is 1.41 bits per heavy atom. The number of aromatic nitrogens is 2. The molecule has 0 fully saturated rings. The fraction of sp³-hybridized carbons (Fsp3) is 0.133. The third-order valence-corrected chi connectivity index (χ3v) is 4.07. The summed E-state index contributed by atoms with van der Waals surface area (Å²) in [5.41, 5.74) is 6.76. The van der Waals surface area contributed by atoms with Gasteiger partial charge in [0.15, 0.2) is 5.13 Å². The average molecular weight is 314 g/mol. The first-order valence-electron chi connectivity index (χ1n) is 6.63. The summed E-state index contributed by atoms with van der Waals surface area (Å²) in [7, 11) is 1.72. The second kappa shape index (κ2) is 5.70. The van der Waals surface area contributed by atoms with E-state index < -0.39 is 0 Å². The fourth-order valence-corrected chi connectivity index (χ4v) is 2.87. The van der Waals surface area contributed by atoms with Gasteiger partial charge in [-0.1, -0.05) is 12.1 Å². The summed E-state index contributed by atoms with van der Waals surface area (Å²) in [5, 5.41) is 6.47. The molecule has 1 amide bonds. The lowest BCUT2D eigenvalue weighted by Crippen LogP contribution is -2.21. The molecule has 0 bridgehead atoms. The third-order valence-electron chi connectivity index (χ3n) is 3.31. The van der Waals surface area contributed by atoms with E-state index in [2.05, 4.69) is 10.3 Å². The van der Waals surface area contributed by atoms with Crippen LogP contribution in [0.4, 0.5) is 5.13 Å². The molecule has 0 aliphatic carbocycles. The number of nitrogens with zero attached hydrogens (tertiary/aromatic N) is 2. The van der Waals surface area contributed by atoms with Gasteiger partial charge in [0.1, 0.15) is 0 Å². The number of aryl methyl sites for hydroxylation is 1. The Bertz CT molecular complexity index is 913. The number of nitrogens with one attached hydrogen (secondary N) is 1. The maximum absolute atomic E-state index is 12.2. The summed E-state index contributed by atoms with van der Waals surface area (Å²) < 4.78 is 1.54. The van der Waals surface area contributed by atoms with E-state index in [1.165, 1.54) is 11.3 Å². The standard InChI is InChI=1S/C15H14N4O2S/c1-19-5-4-9-2-3-10(6-11(9)14(19)21)12-8-22-15(17-12)18-13(20)7-16/h2-6,8H,7,16H2,1H3,(H,17,18,20). The summed E-state index contributed by atoms with van der Waals surface area (Å²) in [4.78, 5) is 27.8. The van der Waals surface area contributed by atoms with Gasteiger partial charge in [0.2, 0.25) is 5.91 Å². The lowest BCUT2D eigenvalue weighted by molar-refractivity contribution is -0.114. The monoisotopic (exact) mass is 314 g/mol. The van der Waals surface area contributed by atoms with Crippen LogP contribution < -0.4 is 16.6 Å². The van der Waals surface area contributed by atoms with Gasteiger partial charge in [0, 0.05) is 29.6 Å². The lowest BCUT2D eigenvalue weighted by atomic mass is 10.1. The molecule has 0 aliphatic rings. The van der Waals surface area contributed by atoms with Gasteiger partial charge in [0.25, 0.3) is 5.56 Å². The van der Waals surface area contributed by atoms with E-state index >= 15 is 0 Å². The van der Waals surface area contributed by atoms with Crippen LogP contribution in [-0.4, -0.2) is 22.0 Å². The molecule has 0 saturated carbocycles. The Labute approximate surface area is 130 Å². The van der Waals surface area contributed by atoms with Crippen molar-refractivity contribution in [2.45, 2.75) is 0 Å². The Morgan fingerprint density at radius 2 is 2.23 bits per heavy atom. The molecule has 3 rings (SSSR count). The number of anilines is 1. The van der Waals surface area contributed by atoms with Crippen molar-refractivity contribution in [3.63, 3.8) is 0 Å². The third kappa shape index (κ3) is 2.63. The number of nitrogens with two attached hydrogens (primary N) is 1. The minimum absolute atomic E-state index is 0.0498. The molecule has 2 aromatic heterocycles. The van der Waals surface area contributed by atoms with Crippen LogP contribution in [0.5, 0.6) is 0 Å². The Morgan fingerprint density at radius 3 is 3.00 bits per heavy atom. The summed E-state index contributed by atoms with van der Waals surface area (Å²) in [5.74, 6) is -0.284. The first-order chi connectivity index (χ1) is 10.6. The molecule has 22 heavy (non-hydrogen) atoms. The number of fused-ring (bicyclic) bond motifs is 1. The summed E-state index contributed by atoms with van der Waals surface area (Å²) in [6.45, 7) is -0.0824. The van der Waals surface area contributed by atoms with Gasteiger partial charge in [0.05, 0.1) is 12.2 Å². The minimum Gasteiger partial charge on any atom is -0.322 e. The van der Waals surface area contributed by atoms with Crippen LogP contribution in [0.2, 0.25) is 0 Å². The molecule has 112 valence electrons. The molecule has 6 nitrogen and oxygen atoms in total. The normalized spacial score (nSPS) is 10.8. The highest BCUT2D eigenvalue weighted by atomic mass is 32.1. The predicted molar refractivity (Wildman–Crippen MR) is 88.0 cm³/mol. The highest BCUT2D eigenvalue weighted by molar-refractivity contribution is 7.14. The van der Waals surface area contributed by atoms with Crippen molar-refractivity contribution in [3.8, 4) is 11.3 Å². The molecule has 0 atom stereocenters. The highest BCUT2D eigenvalue weighted by Gasteiger charge is 2.09. The van der Waals surface area contributed by atoms with Crippen LogP contribution >= 0.6 is 11.3 Å². The number of carbonyl (C=O) groups excluding carboxylic acids is 1. The molecule has 0 aliphatic heterocycles. The summed E-state index contributed by atoms with van der Waals surface area (Å²) >= 11 is 1.32. The topological polar surface area (TPSA) is 90.0 Å². The predicted octanol–water partition coefficient (Wildman–Crippen LogP) is 1.56. The van der Waals surface area contributed by atoms with Crippen LogP contribution in [0.15, 0.2) is 40.6 Å². The molecule has 0 saturated heterocycles. The Balaban J connectivity index is 2.02. The molecular weight excluding hydrogens is 300 g/mol. The number of amides is 1. The lowest BCUT2D eigenvalue weighted by Gasteiger charge is -2.03. The second-order valence-electron chi connectivity index (χ2n) is 4.82. The minimum atomic E-state index is -0.284. The molecule has 1 aromatic carbocycles. The van der Waals surface area contributed by atoms with Gasteiger partial charge in [-0.3, -0.25) is 9.59 Å². The van der Waals surface area contributed by atoms with Crippen molar-refractivity contribution in [1.29, 1.82) is 0 Å². The van der Waals surface area contributed by atoms with E-state index in [0.717, 1.165) is 10.9 Å². The number of pyridine rings is 1. The van der Waals surface area contributed by atoms with E-state index in [1.54, 1.807) is 17.8 Å². The first kappa shape index (κ1) is 14.4. The molecule has 0 unspecified atom stereocenters. The van der Waals surface area contributed by atoms with Crippen molar-refractivity contribution in [2.75, 3.05) is 11.9 Å². The van der Waals surface area contributed by atoms with Gasteiger partial charge in [-0.25, -0.2) is 4.98 Å². The quantitative estimate of drug-likeness (QED) is 0.767. The maximum atomic E-state index is 12.2. The molecule has 3 N–H and O–H groups in total. The van der Waals surface area contributed by atoms with Crippen molar-refractivity contribution in [2.24, 2.45) is 12.8 Å². The van der Waals surface area contributed by atoms with Crippen LogP contribution in [0.25, 0.3) is 22.0 Å². The Hall–Kier alpha value is -2.51. The van der Waals surface area contributed by atoms with Gasteiger partial charge in [-0.05, 0) is 17.5 Å². The number of hydrogen-bond donors (Lipinski definition) is 2. The van der Waals surface area contributed by atoms with Gasteiger partial charge < -0.3 is 15.6 Å². The van der Waals surface area contributed by atoms with Crippen molar-refractivity contribution < 1.29 is 4.79 Å². The van der Waals surface area contributed by atoms with Crippen LogP contribution in [0, 0.1) is 0 Å². The number of rotatable bonds is 3. The number of hydrogen-bond acceptors (Lipinski definition) is 5. The number of carbonyl (C=O) groups is 1. The van der Waals surface area contributed by atoms with E-state index in [4.69, 9.17) is 5.73 Å².